The standard InChI is InChI=1S/C18H13BrN2O4S/c19-13-4-1-11(2-5-13)17-20-21-18(25-17)26-10-14(22)12-3-6-15-16(9-12)24-8-7-23-15/h1-6,9H,7-8,10H2. The molecule has 0 saturated heterocycles. The molecule has 1 aliphatic rings. The lowest BCUT2D eigenvalue weighted by Gasteiger charge is -2.18. The van der Waals surface area contributed by atoms with E-state index >= 15 is 0 Å². The van der Waals surface area contributed by atoms with E-state index in [0.717, 1.165) is 10.0 Å². The Bertz CT molecular complexity index is 943. The van der Waals surface area contributed by atoms with Crippen LogP contribution in [0.2, 0.25) is 0 Å². The SMILES string of the molecule is O=C(CSc1nnc(-c2ccc(Br)cc2)o1)c1ccc2c(c1)OCCO2. The number of hydrogen-bond donors (Lipinski definition) is 0. The van der Waals surface area contributed by atoms with E-state index in [1.54, 1.807) is 18.2 Å². The molecule has 3 aromatic rings. The van der Waals surface area contributed by atoms with E-state index in [0.29, 0.717) is 41.4 Å². The minimum Gasteiger partial charge on any atom is -0.486 e. The molecular weight excluding hydrogens is 420 g/mol. The van der Waals surface area contributed by atoms with Crippen LogP contribution < -0.4 is 9.47 Å². The van der Waals surface area contributed by atoms with Crippen LogP contribution in [-0.2, 0) is 0 Å². The van der Waals surface area contributed by atoms with Crippen LogP contribution in [0.25, 0.3) is 11.5 Å². The highest BCUT2D eigenvalue weighted by Crippen LogP contribution is 2.31. The van der Waals surface area contributed by atoms with Gasteiger partial charge in [0, 0.05) is 15.6 Å². The average Bonchev–Trinajstić information content (AvgIpc) is 3.15. The van der Waals surface area contributed by atoms with Gasteiger partial charge in [-0.1, -0.05) is 27.7 Å². The van der Waals surface area contributed by atoms with E-state index in [-0.39, 0.29) is 11.5 Å². The Morgan fingerprint density at radius 2 is 1.81 bits per heavy atom. The predicted octanol–water partition coefficient (Wildman–Crippen LogP) is 4.25. The molecule has 8 heteroatoms. The summed E-state index contributed by atoms with van der Waals surface area (Å²) in [6, 6.07) is 12.8. The van der Waals surface area contributed by atoms with Crippen LogP contribution in [0.15, 0.2) is 56.6 Å². The van der Waals surface area contributed by atoms with E-state index < -0.39 is 0 Å². The molecule has 2 aromatic carbocycles. The Morgan fingerprint density at radius 3 is 2.62 bits per heavy atom. The summed E-state index contributed by atoms with van der Waals surface area (Å²) in [6.07, 6.45) is 0. The quantitative estimate of drug-likeness (QED) is 0.440. The van der Waals surface area contributed by atoms with Gasteiger partial charge in [0.15, 0.2) is 17.3 Å². The topological polar surface area (TPSA) is 74.5 Å². The zero-order valence-corrected chi connectivity index (χ0v) is 15.9. The number of halogens is 1. The van der Waals surface area contributed by atoms with Crippen LogP contribution in [0.5, 0.6) is 11.5 Å². The molecule has 0 amide bonds. The second-order valence-electron chi connectivity index (χ2n) is 5.45. The number of thioether (sulfide) groups is 1. The van der Waals surface area contributed by atoms with Crippen molar-refractivity contribution in [2.75, 3.05) is 19.0 Å². The van der Waals surface area contributed by atoms with E-state index in [1.165, 1.54) is 11.8 Å². The zero-order valence-electron chi connectivity index (χ0n) is 13.5. The lowest BCUT2D eigenvalue weighted by atomic mass is 10.1. The van der Waals surface area contributed by atoms with Crippen molar-refractivity contribution in [3.8, 4) is 23.0 Å². The first-order valence-electron chi connectivity index (χ1n) is 7.84. The number of carbonyl (C=O) groups excluding carboxylic acids is 1. The lowest BCUT2D eigenvalue weighted by molar-refractivity contribution is 0.102. The molecule has 0 N–H and O–H groups in total. The molecule has 4 rings (SSSR count). The fourth-order valence-corrected chi connectivity index (χ4v) is 3.33. The molecule has 2 heterocycles. The molecule has 0 spiro atoms. The summed E-state index contributed by atoms with van der Waals surface area (Å²) in [5.41, 5.74) is 1.39. The third-order valence-corrected chi connectivity index (χ3v) is 5.04. The van der Waals surface area contributed by atoms with Crippen LogP contribution >= 0.6 is 27.7 Å². The van der Waals surface area contributed by atoms with Crippen LogP contribution in [0.4, 0.5) is 0 Å². The van der Waals surface area contributed by atoms with Gasteiger partial charge in [-0.2, -0.15) is 0 Å². The molecule has 0 atom stereocenters. The van der Waals surface area contributed by atoms with Crippen molar-refractivity contribution in [2.24, 2.45) is 0 Å². The van der Waals surface area contributed by atoms with Crippen molar-refractivity contribution < 1.29 is 18.7 Å². The molecule has 0 aliphatic carbocycles. The largest absolute Gasteiger partial charge is 0.486 e. The number of rotatable bonds is 5. The first-order valence-corrected chi connectivity index (χ1v) is 9.62. The Balaban J connectivity index is 1.41. The first kappa shape index (κ1) is 17.1. The van der Waals surface area contributed by atoms with E-state index in [4.69, 9.17) is 13.9 Å². The Morgan fingerprint density at radius 1 is 1.04 bits per heavy atom. The maximum absolute atomic E-state index is 12.4. The molecule has 132 valence electrons. The molecule has 6 nitrogen and oxygen atoms in total. The summed E-state index contributed by atoms with van der Waals surface area (Å²) in [7, 11) is 0. The van der Waals surface area contributed by atoms with Gasteiger partial charge in [0.25, 0.3) is 5.22 Å². The summed E-state index contributed by atoms with van der Waals surface area (Å²) in [6.45, 7) is 1.01. The number of aromatic nitrogens is 2. The molecule has 0 bridgehead atoms. The first-order chi connectivity index (χ1) is 12.7. The predicted molar refractivity (Wildman–Crippen MR) is 99.9 cm³/mol. The number of Topliss-reactive ketones (excluding diaryl/α,β-unsaturated/α-hetero) is 1. The van der Waals surface area contributed by atoms with Gasteiger partial charge in [0.2, 0.25) is 5.89 Å². The van der Waals surface area contributed by atoms with Crippen molar-refractivity contribution in [1.29, 1.82) is 0 Å². The minimum absolute atomic E-state index is 0.0460. The fourth-order valence-electron chi connectivity index (χ4n) is 2.40. The molecule has 0 fully saturated rings. The second kappa shape index (κ2) is 7.51. The van der Waals surface area contributed by atoms with E-state index in [1.807, 2.05) is 24.3 Å². The highest BCUT2D eigenvalue weighted by Gasteiger charge is 2.16. The van der Waals surface area contributed by atoms with Gasteiger partial charge in [-0.15, -0.1) is 10.2 Å². The van der Waals surface area contributed by atoms with Gasteiger partial charge < -0.3 is 13.9 Å². The maximum Gasteiger partial charge on any atom is 0.277 e. The number of carbonyl (C=O) groups is 1. The third-order valence-electron chi connectivity index (χ3n) is 3.69. The number of fused-ring (bicyclic) bond motifs is 1. The van der Waals surface area contributed by atoms with Gasteiger partial charge in [-0.05, 0) is 42.5 Å². The van der Waals surface area contributed by atoms with Crippen LogP contribution in [0, 0.1) is 0 Å². The molecule has 0 radical (unpaired) electrons. The molecule has 1 aliphatic heterocycles. The van der Waals surface area contributed by atoms with Crippen molar-refractivity contribution in [1.82, 2.24) is 10.2 Å². The Hall–Kier alpha value is -2.32. The van der Waals surface area contributed by atoms with Crippen molar-refractivity contribution in [2.45, 2.75) is 5.22 Å². The van der Waals surface area contributed by atoms with Crippen LogP contribution in [0.3, 0.4) is 0 Å². The molecule has 26 heavy (non-hydrogen) atoms. The smallest absolute Gasteiger partial charge is 0.277 e. The summed E-state index contributed by atoms with van der Waals surface area (Å²) < 4.78 is 17.6. The fraction of sp³-hybridized carbons (Fsp3) is 0.167. The molecular formula is C18H13BrN2O4S. The number of hydrogen-bond acceptors (Lipinski definition) is 7. The summed E-state index contributed by atoms with van der Waals surface area (Å²) >= 11 is 4.59. The van der Waals surface area contributed by atoms with Gasteiger partial charge in [-0.25, -0.2) is 0 Å². The number of benzene rings is 2. The third kappa shape index (κ3) is 3.76. The van der Waals surface area contributed by atoms with Gasteiger partial charge in [0.05, 0.1) is 5.75 Å². The Labute approximate surface area is 162 Å². The summed E-state index contributed by atoms with van der Waals surface area (Å²) in [5.74, 6) is 1.84. The average molecular weight is 433 g/mol. The highest BCUT2D eigenvalue weighted by atomic mass is 79.9. The van der Waals surface area contributed by atoms with Crippen molar-refractivity contribution >= 4 is 33.5 Å². The minimum atomic E-state index is -0.0460. The monoisotopic (exact) mass is 432 g/mol. The lowest BCUT2D eigenvalue weighted by Crippen LogP contribution is -2.16. The summed E-state index contributed by atoms with van der Waals surface area (Å²) in [4.78, 5) is 12.4. The maximum atomic E-state index is 12.4. The van der Waals surface area contributed by atoms with Gasteiger partial charge in [-0.3, -0.25) is 4.79 Å². The van der Waals surface area contributed by atoms with Crippen molar-refractivity contribution in [3.63, 3.8) is 0 Å². The molecule has 1 aromatic heterocycles. The van der Waals surface area contributed by atoms with Gasteiger partial charge >= 0.3 is 0 Å². The van der Waals surface area contributed by atoms with Crippen LogP contribution in [0.1, 0.15) is 10.4 Å². The highest BCUT2D eigenvalue weighted by molar-refractivity contribution is 9.10. The summed E-state index contributed by atoms with van der Waals surface area (Å²) in [5, 5.41) is 8.37. The van der Waals surface area contributed by atoms with Crippen molar-refractivity contribution in [3.05, 3.63) is 52.5 Å². The normalized spacial score (nSPS) is 12.8. The Kier molecular flexibility index (Phi) is 4.94. The zero-order chi connectivity index (χ0) is 17.9. The molecule has 0 saturated carbocycles. The molecule has 0 unspecified atom stereocenters. The second-order valence-corrected chi connectivity index (χ2v) is 7.29. The van der Waals surface area contributed by atoms with Gasteiger partial charge in [0.1, 0.15) is 13.2 Å². The van der Waals surface area contributed by atoms with E-state index in [2.05, 4.69) is 26.1 Å². The number of ether oxygens (including phenoxy) is 2. The number of nitrogens with zero attached hydrogens (tertiary/aromatic N) is 2. The number of ketones is 1. The van der Waals surface area contributed by atoms with E-state index in [9.17, 15) is 4.79 Å². The van der Waals surface area contributed by atoms with Crippen LogP contribution in [-0.4, -0.2) is 34.9 Å².